The van der Waals surface area contributed by atoms with E-state index in [4.69, 9.17) is 16.3 Å². The molecule has 1 unspecified atom stereocenters. The molecule has 1 N–H and O–H groups in total. The van der Waals surface area contributed by atoms with Gasteiger partial charge in [-0.1, -0.05) is 41.9 Å². The molecule has 7 nitrogen and oxygen atoms in total. The van der Waals surface area contributed by atoms with Gasteiger partial charge in [-0.05, 0) is 43.2 Å². The molecular formula is C23H22ClN3O4. The number of nitrogens with one attached hydrogen (secondary N) is 1. The Labute approximate surface area is 185 Å². The third-order valence-electron chi connectivity index (χ3n) is 5.44. The molecule has 0 radical (unpaired) electrons. The predicted molar refractivity (Wildman–Crippen MR) is 117 cm³/mol. The van der Waals surface area contributed by atoms with E-state index >= 15 is 0 Å². The number of halogens is 1. The maximum Gasteiger partial charge on any atom is 0.338 e. The minimum atomic E-state index is -0.725. The molecule has 0 saturated heterocycles. The summed E-state index contributed by atoms with van der Waals surface area (Å²) < 4.78 is 5.22. The molecule has 2 aromatic carbocycles. The molecule has 4 rings (SSSR count). The van der Waals surface area contributed by atoms with Crippen molar-refractivity contribution < 1.29 is 19.1 Å². The van der Waals surface area contributed by atoms with Gasteiger partial charge in [0.2, 0.25) is 5.91 Å². The summed E-state index contributed by atoms with van der Waals surface area (Å²) in [6.07, 6.45) is 0. The van der Waals surface area contributed by atoms with E-state index in [1.165, 1.54) is 4.90 Å². The standard InChI is InChI=1S/C23H22ClN3O4/c1-3-26(15-8-6-7-14(2)11-15)19(28)12-27-18-13-31-22(29)20(18)21(25-23(27)30)16-9-4-5-10-17(16)24/h4-11,21H,3,12-13H2,1-2H3,(H,25,30). The number of amides is 3. The molecule has 0 bridgehead atoms. The summed E-state index contributed by atoms with van der Waals surface area (Å²) >= 11 is 6.30. The molecular weight excluding hydrogens is 418 g/mol. The second-order valence-corrected chi connectivity index (χ2v) is 7.81. The van der Waals surface area contributed by atoms with Crippen molar-refractivity contribution in [2.45, 2.75) is 19.9 Å². The van der Waals surface area contributed by atoms with Gasteiger partial charge in [-0.25, -0.2) is 9.59 Å². The van der Waals surface area contributed by atoms with Crippen LogP contribution in [0.15, 0.2) is 59.8 Å². The lowest BCUT2D eigenvalue weighted by Crippen LogP contribution is -2.51. The van der Waals surface area contributed by atoms with E-state index in [0.717, 1.165) is 11.3 Å². The summed E-state index contributed by atoms with van der Waals surface area (Å²) in [6, 6.07) is 13.4. The number of hydrogen-bond acceptors (Lipinski definition) is 4. The highest BCUT2D eigenvalue weighted by molar-refractivity contribution is 6.31. The van der Waals surface area contributed by atoms with Crippen molar-refractivity contribution in [1.29, 1.82) is 0 Å². The zero-order valence-electron chi connectivity index (χ0n) is 17.2. The third-order valence-corrected chi connectivity index (χ3v) is 5.78. The van der Waals surface area contributed by atoms with Crippen LogP contribution in [0.5, 0.6) is 0 Å². The van der Waals surface area contributed by atoms with E-state index < -0.39 is 18.0 Å². The van der Waals surface area contributed by atoms with Crippen LogP contribution >= 0.6 is 11.6 Å². The van der Waals surface area contributed by atoms with E-state index in [1.54, 1.807) is 29.2 Å². The number of carbonyl (C=O) groups is 3. The number of rotatable bonds is 5. The van der Waals surface area contributed by atoms with Crippen LogP contribution in [0.3, 0.4) is 0 Å². The number of likely N-dealkylation sites (N-methyl/N-ethyl adjacent to an activating group) is 1. The van der Waals surface area contributed by atoms with Gasteiger partial charge in [0.25, 0.3) is 0 Å². The number of nitrogens with zero attached hydrogens (tertiary/aromatic N) is 2. The SMILES string of the molecule is CCN(C(=O)CN1C(=O)NC(c2ccccc2Cl)C2=C1COC2=O)c1cccc(C)c1. The number of benzene rings is 2. The molecule has 8 heteroatoms. The van der Waals surface area contributed by atoms with E-state index in [2.05, 4.69) is 5.32 Å². The van der Waals surface area contributed by atoms with Crippen LogP contribution in [0, 0.1) is 6.92 Å². The fourth-order valence-corrected chi connectivity index (χ4v) is 4.19. The quantitative estimate of drug-likeness (QED) is 0.722. The zero-order valence-corrected chi connectivity index (χ0v) is 18.0. The maximum atomic E-state index is 13.1. The molecule has 1 atom stereocenters. The van der Waals surface area contributed by atoms with Gasteiger partial charge in [-0.3, -0.25) is 9.69 Å². The Balaban J connectivity index is 1.65. The van der Waals surface area contributed by atoms with Crippen LogP contribution in [0.2, 0.25) is 5.02 Å². The predicted octanol–water partition coefficient (Wildman–Crippen LogP) is 3.58. The van der Waals surface area contributed by atoms with Gasteiger partial charge < -0.3 is 15.0 Å². The highest BCUT2D eigenvalue weighted by Crippen LogP contribution is 2.37. The zero-order chi connectivity index (χ0) is 22.1. The fraction of sp³-hybridized carbons (Fsp3) is 0.261. The summed E-state index contributed by atoms with van der Waals surface area (Å²) in [4.78, 5) is 41.5. The minimum absolute atomic E-state index is 0.0631. The molecule has 0 aliphatic carbocycles. The van der Waals surface area contributed by atoms with Crippen LogP contribution in [0.4, 0.5) is 10.5 Å². The Hall–Kier alpha value is -3.32. The summed E-state index contributed by atoms with van der Waals surface area (Å²) in [5, 5.41) is 3.24. The normalized spacial score (nSPS) is 17.9. The number of aryl methyl sites for hydroxylation is 1. The van der Waals surface area contributed by atoms with Crippen molar-refractivity contribution in [3.8, 4) is 0 Å². The smallest absolute Gasteiger partial charge is 0.338 e. The molecule has 0 fully saturated rings. The topological polar surface area (TPSA) is 79.0 Å². The summed E-state index contributed by atoms with van der Waals surface area (Å²) in [7, 11) is 0. The average Bonchev–Trinajstić information content (AvgIpc) is 3.13. The van der Waals surface area contributed by atoms with Crippen LogP contribution < -0.4 is 10.2 Å². The van der Waals surface area contributed by atoms with Crippen LogP contribution in [0.25, 0.3) is 0 Å². The molecule has 0 aromatic heterocycles. The number of hydrogen-bond donors (Lipinski definition) is 1. The summed E-state index contributed by atoms with van der Waals surface area (Å²) in [5.41, 5.74) is 3.09. The van der Waals surface area contributed by atoms with E-state index in [1.807, 2.05) is 38.1 Å². The molecule has 2 heterocycles. The molecule has 2 aromatic rings. The maximum absolute atomic E-state index is 13.1. The van der Waals surface area contributed by atoms with Gasteiger partial charge in [0.1, 0.15) is 13.2 Å². The summed E-state index contributed by atoms with van der Waals surface area (Å²) in [5.74, 6) is -0.783. The number of carbonyl (C=O) groups excluding carboxylic acids is 3. The minimum Gasteiger partial charge on any atom is -0.456 e. The number of cyclic esters (lactones) is 1. The first-order valence-electron chi connectivity index (χ1n) is 10.00. The van der Waals surface area contributed by atoms with E-state index in [9.17, 15) is 14.4 Å². The first-order valence-corrected chi connectivity index (χ1v) is 10.4. The second-order valence-electron chi connectivity index (χ2n) is 7.40. The Kier molecular flexibility index (Phi) is 5.69. The Morgan fingerprint density at radius 3 is 2.71 bits per heavy atom. The van der Waals surface area contributed by atoms with Crippen LogP contribution in [-0.2, 0) is 14.3 Å². The molecule has 2 aliphatic heterocycles. The van der Waals surface area contributed by atoms with E-state index in [0.29, 0.717) is 28.4 Å². The van der Waals surface area contributed by atoms with E-state index in [-0.39, 0.29) is 19.1 Å². The Bertz CT molecular complexity index is 1100. The van der Waals surface area contributed by atoms with Crippen molar-refractivity contribution in [2.75, 3.05) is 24.6 Å². The van der Waals surface area contributed by atoms with Gasteiger partial charge in [0.15, 0.2) is 0 Å². The first-order chi connectivity index (χ1) is 14.9. The van der Waals surface area contributed by atoms with Gasteiger partial charge in [0, 0.05) is 17.3 Å². The number of ether oxygens (including phenoxy) is 1. The first kappa shape index (κ1) is 20.9. The molecule has 0 saturated carbocycles. The Morgan fingerprint density at radius 2 is 2.00 bits per heavy atom. The van der Waals surface area contributed by atoms with Gasteiger partial charge in [-0.15, -0.1) is 0 Å². The van der Waals surface area contributed by atoms with Gasteiger partial charge in [-0.2, -0.15) is 0 Å². The lowest BCUT2D eigenvalue weighted by Gasteiger charge is -2.34. The number of anilines is 1. The highest BCUT2D eigenvalue weighted by atomic mass is 35.5. The number of urea groups is 1. The molecule has 0 spiro atoms. The lowest BCUT2D eigenvalue weighted by molar-refractivity contribution is -0.136. The largest absolute Gasteiger partial charge is 0.456 e. The van der Waals surface area contributed by atoms with Crippen molar-refractivity contribution in [3.63, 3.8) is 0 Å². The van der Waals surface area contributed by atoms with Crippen LogP contribution in [0.1, 0.15) is 24.1 Å². The van der Waals surface area contributed by atoms with Crippen molar-refractivity contribution in [3.05, 3.63) is 76.0 Å². The molecule has 31 heavy (non-hydrogen) atoms. The highest BCUT2D eigenvalue weighted by Gasteiger charge is 2.43. The Morgan fingerprint density at radius 1 is 1.23 bits per heavy atom. The molecule has 160 valence electrons. The average molecular weight is 440 g/mol. The molecule has 3 amide bonds. The fourth-order valence-electron chi connectivity index (χ4n) is 3.94. The second kappa shape index (κ2) is 8.43. The van der Waals surface area contributed by atoms with Gasteiger partial charge in [0.05, 0.1) is 17.3 Å². The monoisotopic (exact) mass is 439 g/mol. The molecule has 2 aliphatic rings. The van der Waals surface area contributed by atoms with Crippen LogP contribution in [-0.4, -0.2) is 42.5 Å². The number of esters is 1. The van der Waals surface area contributed by atoms with Crippen molar-refractivity contribution in [2.24, 2.45) is 0 Å². The van der Waals surface area contributed by atoms with Crippen molar-refractivity contribution in [1.82, 2.24) is 10.2 Å². The van der Waals surface area contributed by atoms with Crippen molar-refractivity contribution >= 4 is 35.2 Å². The lowest BCUT2D eigenvalue weighted by atomic mass is 9.95. The van der Waals surface area contributed by atoms with Gasteiger partial charge >= 0.3 is 12.0 Å². The third kappa shape index (κ3) is 3.88. The summed E-state index contributed by atoms with van der Waals surface area (Å²) in [6.45, 7) is 4.00.